The maximum absolute atomic E-state index is 10.6. The van der Waals surface area contributed by atoms with Gasteiger partial charge in [0.05, 0.1) is 5.69 Å². The third kappa shape index (κ3) is 2.33. The summed E-state index contributed by atoms with van der Waals surface area (Å²) in [6, 6.07) is 5.56. The summed E-state index contributed by atoms with van der Waals surface area (Å²) in [7, 11) is -3.07. The molecule has 0 heterocycles. The number of benzene rings is 1. The van der Waals surface area contributed by atoms with Crippen LogP contribution in [0.4, 0.5) is 5.69 Å². The first kappa shape index (κ1) is 9.82. The van der Waals surface area contributed by atoms with Crippen molar-refractivity contribution in [2.75, 3.05) is 11.4 Å². The molecule has 13 heavy (non-hydrogen) atoms. The SMILES string of the molecule is CN(c1cccc(O)c1)S(=O)(=O)O. The van der Waals surface area contributed by atoms with E-state index >= 15 is 0 Å². The van der Waals surface area contributed by atoms with E-state index in [1.54, 1.807) is 0 Å². The van der Waals surface area contributed by atoms with Crippen LogP contribution in [-0.2, 0) is 10.3 Å². The summed E-state index contributed by atoms with van der Waals surface area (Å²) >= 11 is 0. The van der Waals surface area contributed by atoms with Crippen LogP contribution in [0.2, 0.25) is 0 Å². The second-order valence-corrected chi connectivity index (χ2v) is 3.91. The zero-order valence-corrected chi connectivity index (χ0v) is 7.69. The van der Waals surface area contributed by atoms with E-state index < -0.39 is 10.3 Å². The summed E-state index contributed by atoms with van der Waals surface area (Å²) in [5.74, 6) is -0.0620. The van der Waals surface area contributed by atoms with E-state index in [0.29, 0.717) is 4.31 Å². The van der Waals surface area contributed by atoms with Crippen molar-refractivity contribution in [2.24, 2.45) is 0 Å². The van der Waals surface area contributed by atoms with E-state index in [2.05, 4.69) is 0 Å². The molecule has 5 nitrogen and oxygen atoms in total. The van der Waals surface area contributed by atoms with Crippen molar-refractivity contribution in [2.45, 2.75) is 0 Å². The molecule has 1 aromatic carbocycles. The lowest BCUT2D eigenvalue weighted by Crippen LogP contribution is -2.25. The Kier molecular flexibility index (Phi) is 2.44. The molecule has 0 fully saturated rings. The number of hydrogen-bond acceptors (Lipinski definition) is 3. The van der Waals surface area contributed by atoms with E-state index in [9.17, 15) is 8.42 Å². The molecular weight excluding hydrogens is 194 g/mol. The van der Waals surface area contributed by atoms with Gasteiger partial charge in [0.1, 0.15) is 5.75 Å². The van der Waals surface area contributed by atoms with Crippen molar-refractivity contribution in [3.63, 3.8) is 0 Å². The molecule has 1 aromatic rings. The maximum Gasteiger partial charge on any atom is 0.359 e. The van der Waals surface area contributed by atoms with Crippen molar-refractivity contribution < 1.29 is 18.1 Å². The number of hydrogen-bond donors (Lipinski definition) is 2. The molecule has 1 rings (SSSR count). The monoisotopic (exact) mass is 203 g/mol. The molecule has 0 atom stereocenters. The van der Waals surface area contributed by atoms with Crippen LogP contribution in [0.15, 0.2) is 24.3 Å². The lowest BCUT2D eigenvalue weighted by atomic mass is 10.3. The van der Waals surface area contributed by atoms with E-state index in [0.717, 1.165) is 0 Å². The first-order valence-electron chi connectivity index (χ1n) is 3.41. The highest BCUT2D eigenvalue weighted by Gasteiger charge is 2.13. The fraction of sp³-hybridized carbons (Fsp3) is 0.143. The summed E-state index contributed by atoms with van der Waals surface area (Å²) in [6.07, 6.45) is 0. The van der Waals surface area contributed by atoms with Crippen molar-refractivity contribution in [1.82, 2.24) is 0 Å². The van der Waals surface area contributed by atoms with E-state index in [4.69, 9.17) is 9.66 Å². The van der Waals surface area contributed by atoms with Crippen LogP contribution in [0.3, 0.4) is 0 Å². The number of anilines is 1. The summed E-state index contributed by atoms with van der Waals surface area (Å²) in [4.78, 5) is 0. The predicted octanol–water partition coefficient (Wildman–Crippen LogP) is 0.631. The van der Waals surface area contributed by atoms with Gasteiger partial charge in [-0.2, -0.15) is 8.42 Å². The van der Waals surface area contributed by atoms with Crippen LogP contribution in [0.1, 0.15) is 0 Å². The number of phenolic OH excluding ortho intramolecular Hbond substituents is 1. The molecule has 0 saturated heterocycles. The standard InChI is InChI=1S/C7H9NO4S/c1-8(13(10,11)12)6-3-2-4-7(9)5-6/h2-5,9H,1H3,(H,10,11,12). The number of rotatable bonds is 2. The van der Waals surface area contributed by atoms with E-state index in [1.807, 2.05) is 0 Å². The van der Waals surface area contributed by atoms with Gasteiger partial charge in [0, 0.05) is 13.1 Å². The minimum absolute atomic E-state index is 0.0620. The zero-order valence-electron chi connectivity index (χ0n) is 6.88. The third-order valence-corrected chi connectivity index (χ3v) is 2.44. The first-order chi connectivity index (χ1) is 5.91. The van der Waals surface area contributed by atoms with Crippen molar-refractivity contribution in [3.8, 4) is 5.75 Å². The van der Waals surface area contributed by atoms with Crippen molar-refractivity contribution >= 4 is 16.0 Å². The molecule has 0 radical (unpaired) electrons. The minimum atomic E-state index is -4.25. The summed E-state index contributed by atoms with van der Waals surface area (Å²) in [5, 5.41) is 9.02. The fourth-order valence-corrected chi connectivity index (χ4v) is 1.20. The average Bonchev–Trinajstić information content (AvgIpc) is 2.01. The number of aromatic hydroxyl groups is 1. The third-order valence-electron chi connectivity index (χ3n) is 1.54. The second kappa shape index (κ2) is 3.23. The Bertz CT molecular complexity index is 401. The largest absolute Gasteiger partial charge is 0.508 e. The Morgan fingerprint density at radius 1 is 1.38 bits per heavy atom. The Labute approximate surface area is 76.1 Å². The van der Waals surface area contributed by atoms with E-state index in [1.165, 1.54) is 31.3 Å². The highest BCUT2D eigenvalue weighted by molar-refractivity contribution is 7.87. The Balaban J connectivity index is 3.10. The van der Waals surface area contributed by atoms with Gasteiger partial charge < -0.3 is 5.11 Å². The first-order valence-corrected chi connectivity index (χ1v) is 4.81. The highest BCUT2D eigenvalue weighted by atomic mass is 32.2. The van der Waals surface area contributed by atoms with Gasteiger partial charge in [-0.3, -0.25) is 8.86 Å². The molecule has 0 unspecified atom stereocenters. The molecule has 0 amide bonds. The summed E-state index contributed by atoms with van der Waals surface area (Å²) < 4.78 is 30.6. The zero-order chi connectivity index (χ0) is 10.1. The molecule has 0 aliphatic carbocycles. The Morgan fingerprint density at radius 2 is 2.00 bits per heavy atom. The van der Waals surface area contributed by atoms with E-state index in [-0.39, 0.29) is 11.4 Å². The fourth-order valence-electron chi connectivity index (χ4n) is 0.822. The minimum Gasteiger partial charge on any atom is -0.508 e. The van der Waals surface area contributed by atoms with Gasteiger partial charge in [0.15, 0.2) is 0 Å². The molecular formula is C7H9NO4S. The highest BCUT2D eigenvalue weighted by Crippen LogP contribution is 2.20. The molecule has 0 aliphatic rings. The topological polar surface area (TPSA) is 77.8 Å². The van der Waals surface area contributed by atoms with Gasteiger partial charge in [-0.1, -0.05) is 6.07 Å². The van der Waals surface area contributed by atoms with Crippen molar-refractivity contribution in [3.05, 3.63) is 24.3 Å². The van der Waals surface area contributed by atoms with Crippen LogP contribution in [0, 0.1) is 0 Å². The molecule has 6 heteroatoms. The van der Waals surface area contributed by atoms with Gasteiger partial charge in [-0.15, -0.1) is 0 Å². The quantitative estimate of drug-likeness (QED) is 0.691. The lowest BCUT2D eigenvalue weighted by Gasteiger charge is -2.14. The van der Waals surface area contributed by atoms with Crippen LogP contribution in [-0.4, -0.2) is 25.1 Å². The van der Waals surface area contributed by atoms with Gasteiger partial charge in [0.2, 0.25) is 0 Å². The normalized spacial score (nSPS) is 11.2. The summed E-state index contributed by atoms with van der Waals surface area (Å²) in [6.45, 7) is 0. The maximum atomic E-state index is 10.6. The molecule has 2 N–H and O–H groups in total. The smallest absolute Gasteiger partial charge is 0.359 e. The predicted molar refractivity (Wildman–Crippen MR) is 48.1 cm³/mol. The van der Waals surface area contributed by atoms with Gasteiger partial charge in [-0.05, 0) is 12.1 Å². The molecule has 72 valence electrons. The Morgan fingerprint density at radius 3 is 2.46 bits per heavy atom. The Hall–Kier alpha value is -1.27. The van der Waals surface area contributed by atoms with Crippen LogP contribution < -0.4 is 4.31 Å². The van der Waals surface area contributed by atoms with Crippen LogP contribution in [0.5, 0.6) is 5.75 Å². The van der Waals surface area contributed by atoms with Crippen molar-refractivity contribution in [1.29, 1.82) is 0 Å². The molecule has 0 spiro atoms. The van der Waals surface area contributed by atoms with Crippen LogP contribution >= 0.6 is 0 Å². The molecule has 0 saturated carbocycles. The average molecular weight is 203 g/mol. The molecule has 0 aliphatic heterocycles. The van der Waals surface area contributed by atoms with Gasteiger partial charge in [-0.25, -0.2) is 0 Å². The molecule has 0 bridgehead atoms. The lowest BCUT2D eigenvalue weighted by molar-refractivity contribution is 0.474. The van der Waals surface area contributed by atoms with Crippen LogP contribution in [0.25, 0.3) is 0 Å². The molecule has 0 aromatic heterocycles. The number of phenols is 1. The van der Waals surface area contributed by atoms with Gasteiger partial charge in [0.25, 0.3) is 0 Å². The second-order valence-electron chi connectivity index (χ2n) is 2.47. The summed E-state index contributed by atoms with van der Waals surface area (Å²) in [5.41, 5.74) is 0.197. The van der Waals surface area contributed by atoms with Gasteiger partial charge >= 0.3 is 10.3 Å². The number of nitrogens with zero attached hydrogens (tertiary/aromatic N) is 1.